The van der Waals surface area contributed by atoms with Gasteiger partial charge in [0.05, 0.1) is 16.1 Å². The number of aryl methyl sites for hydroxylation is 1. The number of nitrogens with zero attached hydrogens (tertiary/aromatic N) is 2. The molecule has 4 rings (SSSR count). The van der Waals surface area contributed by atoms with E-state index < -0.39 is 11.8 Å². The van der Waals surface area contributed by atoms with Crippen LogP contribution in [0.5, 0.6) is 0 Å². The molecule has 0 bridgehead atoms. The maximum atomic E-state index is 12.7. The van der Waals surface area contributed by atoms with Crippen molar-refractivity contribution in [1.82, 2.24) is 9.55 Å². The number of thiazole rings is 1. The van der Waals surface area contributed by atoms with E-state index in [4.69, 9.17) is 4.42 Å². The molecule has 7 heteroatoms. The molecule has 136 valence electrons. The first-order valence-electron chi connectivity index (χ1n) is 8.48. The molecule has 4 aromatic rings. The van der Waals surface area contributed by atoms with Crippen molar-refractivity contribution in [3.05, 3.63) is 70.8 Å². The number of nitrogens with one attached hydrogen (secondary N) is 1. The van der Waals surface area contributed by atoms with Crippen LogP contribution in [0.1, 0.15) is 18.7 Å². The molecule has 0 radical (unpaired) electrons. The van der Waals surface area contributed by atoms with Crippen LogP contribution in [0.15, 0.2) is 63.8 Å². The summed E-state index contributed by atoms with van der Waals surface area (Å²) in [6.07, 6.45) is 0. The fourth-order valence-electron chi connectivity index (χ4n) is 2.99. The van der Waals surface area contributed by atoms with Crippen molar-refractivity contribution < 1.29 is 9.21 Å². The highest BCUT2D eigenvalue weighted by atomic mass is 32.1. The quantitative estimate of drug-likeness (QED) is 0.576. The Hall–Kier alpha value is -3.19. The van der Waals surface area contributed by atoms with Crippen molar-refractivity contribution in [1.29, 1.82) is 0 Å². The Morgan fingerprint density at radius 3 is 2.63 bits per heavy atom. The molecule has 0 saturated heterocycles. The van der Waals surface area contributed by atoms with Gasteiger partial charge in [0.2, 0.25) is 5.91 Å². The van der Waals surface area contributed by atoms with Crippen LogP contribution in [0.25, 0.3) is 21.5 Å². The Kier molecular flexibility index (Phi) is 4.37. The lowest BCUT2D eigenvalue weighted by molar-refractivity contribution is -0.118. The number of rotatable bonds is 4. The Morgan fingerprint density at radius 1 is 1.15 bits per heavy atom. The van der Waals surface area contributed by atoms with Gasteiger partial charge in [-0.05, 0) is 31.5 Å². The lowest BCUT2D eigenvalue weighted by Gasteiger charge is -2.11. The monoisotopic (exact) mass is 379 g/mol. The van der Waals surface area contributed by atoms with E-state index in [-0.39, 0.29) is 5.91 Å². The third kappa shape index (κ3) is 3.17. The van der Waals surface area contributed by atoms with Crippen LogP contribution in [0.4, 0.5) is 5.13 Å². The van der Waals surface area contributed by atoms with Gasteiger partial charge in [-0.1, -0.05) is 53.8 Å². The minimum Gasteiger partial charge on any atom is -0.408 e. The number of hydrogen-bond donors (Lipinski definition) is 1. The Morgan fingerprint density at radius 2 is 1.85 bits per heavy atom. The topological polar surface area (TPSA) is 77.1 Å². The van der Waals surface area contributed by atoms with Gasteiger partial charge >= 0.3 is 5.76 Å². The molecule has 1 amide bonds. The number of aromatic nitrogens is 2. The van der Waals surface area contributed by atoms with E-state index in [1.165, 1.54) is 15.9 Å². The van der Waals surface area contributed by atoms with Crippen molar-refractivity contribution in [3.8, 4) is 10.4 Å². The first-order chi connectivity index (χ1) is 13.0. The van der Waals surface area contributed by atoms with Crippen LogP contribution < -0.4 is 11.1 Å². The molecule has 0 spiro atoms. The predicted molar refractivity (Wildman–Crippen MR) is 106 cm³/mol. The maximum Gasteiger partial charge on any atom is 0.420 e. The van der Waals surface area contributed by atoms with Crippen LogP contribution >= 0.6 is 11.3 Å². The third-order valence-electron chi connectivity index (χ3n) is 4.35. The fraction of sp³-hybridized carbons (Fsp3) is 0.150. The molecule has 6 nitrogen and oxygen atoms in total. The zero-order valence-corrected chi connectivity index (χ0v) is 15.6. The minimum atomic E-state index is -0.731. The summed E-state index contributed by atoms with van der Waals surface area (Å²) in [6, 6.07) is 16.2. The molecule has 0 aliphatic carbocycles. The smallest absolute Gasteiger partial charge is 0.408 e. The van der Waals surface area contributed by atoms with Crippen molar-refractivity contribution in [2.24, 2.45) is 0 Å². The Bertz CT molecular complexity index is 1170. The molecule has 0 aliphatic heterocycles. The molecule has 0 saturated carbocycles. The number of benzene rings is 2. The molecule has 0 aliphatic rings. The molecule has 2 heterocycles. The molecular formula is C20H17N3O3S. The number of hydrogen-bond acceptors (Lipinski definition) is 5. The highest BCUT2D eigenvalue weighted by molar-refractivity contribution is 7.19. The van der Waals surface area contributed by atoms with Crippen molar-refractivity contribution in [3.63, 3.8) is 0 Å². The lowest BCUT2D eigenvalue weighted by atomic mass is 10.2. The summed E-state index contributed by atoms with van der Waals surface area (Å²) in [7, 11) is 0. The van der Waals surface area contributed by atoms with E-state index >= 15 is 0 Å². The molecule has 2 aromatic carbocycles. The second kappa shape index (κ2) is 6.85. The Labute approximate surface area is 159 Å². The predicted octanol–water partition coefficient (Wildman–Crippen LogP) is 4.23. The highest BCUT2D eigenvalue weighted by Crippen LogP contribution is 2.32. The number of carbonyl (C=O) groups is 1. The number of anilines is 1. The van der Waals surface area contributed by atoms with Gasteiger partial charge in [-0.2, -0.15) is 0 Å². The summed E-state index contributed by atoms with van der Waals surface area (Å²) in [4.78, 5) is 30.4. The van der Waals surface area contributed by atoms with Gasteiger partial charge in [0.15, 0.2) is 10.7 Å². The number of carbonyl (C=O) groups excluding carboxylic acids is 1. The average Bonchev–Trinajstić information content (AvgIpc) is 3.20. The molecule has 0 fully saturated rings. The summed E-state index contributed by atoms with van der Waals surface area (Å²) in [5.74, 6) is -0.879. The zero-order chi connectivity index (χ0) is 19.0. The number of amides is 1. The summed E-state index contributed by atoms with van der Waals surface area (Å²) >= 11 is 1.41. The van der Waals surface area contributed by atoms with Gasteiger partial charge < -0.3 is 9.73 Å². The van der Waals surface area contributed by atoms with Crippen LogP contribution in [0.3, 0.4) is 0 Å². The second-order valence-corrected chi connectivity index (χ2v) is 7.17. The Balaban J connectivity index is 1.61. The first-order valence-corrected chi connectivity index (χ1v) is 9.30. The standard InChI is InChI=1S/C20H17N3O3S/c1-12-17(14-8-4-3-5-9-14)27-19(21-12)22-18(24)13(2)23-15-10-6-7-11-16(15)26-20(23)25/h3-11,13H,1-2H3,(H,21,22,24). The number of fused-ring (bicyclic) bond motifs is 1. The first kappa shape index (κ1) is 17.2. The highest BCUT2D eigenvalue weighted by Gasteiger charge is 2.22. The maximum absolute atomic E-state index is 12.7. The van der Waals surface area contributed by atoms with E-state index in [0.29, 0.717) is 16.2 Å². The number of oxazole rings is 1. The molecule has 1 unspecified atom stereocenters. The SMILES string of the molecule is Cc1nc(NC(=O)C(C)n2c(=O)oc3ccccc32)sc1-c1ccccc1. The van der Waals surface area contributed by atoms with Gasteiger partial charge in [-0.25, -0.2) is 9.78 Å². The van der Waals surface area contributed by atoms with Crippen LogP contribution in [0.2, 0.25) is 0 Å². The molecular weight excluding hydrogens is 362 g/mol. The fourth-order valence-corrected chi connectivity index (χ4v) is 3.96. The molecule has 1 N–H and O–H groups in total. The lowest BCUT2D eigenvalue weighted by Crippen LogP contribution is -2.29. The summed E-state index contributed by atoms with van der Waals surface area (Å²) in [5, 5.41) is 3.32. The summed E-state index contributed by atoms with van der Waals surface area (Å²) in [5.41, 5.74) is 2.95. The van der Waals surface area contributed by atoms with Gasteiger partial charge in [-0.15, -0.1) is 0 Å². The van der Waals surface area contributed by atoms with Crippen LogP contribution in [-0.2, 0) is 4.79 Å². The normalized spacial score (nSPS) is 12.2. The minimum absolute atomic E-state index is 0.322. The van der Waals surface area contributed by atoms with Crippen molar-refractivity contribution >= 4 is 33.5 Å². The largest absolute Gasteiger partial charge is 0.420 e. The van der Waals surface area contributed by atoms with E-state index in [0.717, 1.165) is 16.1 Å². The molecule has 2 aromatic heterocycles. The van der Waals surface area contributed by atoms with E-state index in [2.05, 4.69) is 10.3 Å². The van der Waals surface area contributed by atoms with Gasteiger partial charge in [0.25, 0.3) is 0 Å². The van der Waals surface area contributed by atoms with Crippen LogP contribution in [-0.4, -0.2) is 15.5 Å². The zero-order valence-electron chi connectivity index (χ0n) is 14.8. The molecule has 1 atom stereocenters. The average molecular weight is 379 g/mol. The number of para-hydroxylation sites is 2. The van der Waals surface area contributed by atoms with Crippen molar-refractivity contribution in [2.75, 3.05) is 5.32 Å². The van der Waals surface area contributed by atoms with Gasteiger partial charge in [0.1, 0.15) is 6.04 Å². The van der Waals surface area contributed by atoms with E-state index in [1.54, 1.807) is 31.2 Å². The molecule has 27 heavy (non-hydrogen) atoms. The summed E-state index contributed by atoms with van der Waals surface area (Å²) < 4.78 is 6.57. The van der Waals surface area contributed by atoms with E-state index in [9.17, 15) is 9.59 Å². The van der Waals surface area contributed by atoms with Crippen molar-refractivity contribution in [2.45, 2.75) is 19.9 Å². The van der Waals surface area contributed by atoms with Crippen LogP contribution in [0, 0.1) is 6.92 Å². The van der Waals surface area contributed by atoms with Gasteiger partial charge in [0, 0.05) is 0 Å². The second-order valence-electron chi connectivity index (χ2n) is 6.17. The van der Waals surface area contributed by atoms with E-state index in [1.807, 2.05) is 37.3 Å². The third-order valence-corrected chi connectivity index (χ3v) is 5.47. The summed E-state index contributed by atoms with van der Waals surface area (Å²) in [6.45, 7) is 3.57. The van der Waals surface area contributed by atoms with Gasteiger partial charge in [-0.3, -0.25) is 9.36 Å².